The van der Waals surface area contributed by atoms with Gasteiger partial charge in [0.2, 0.25) is 12.7 Å². The van der Waals surface area contributed by atoms with Crippen molar-refractivity contribution in [2.45, 2.75) is 12.8 Å². The highest BCUT2D eigenvalue weighted by molar-refractivity contribution is 5.96. The molecule has 0 unspecified atom stereocenters. The van der Waals surface area contributed by atoms with Crippen molar-refractivity contribution < 1.29 is 19.1 Å². The second-order valence-electron chi connectivity index (χ2n) is 9.17. The van der Waals surface area contributed by atoms with Gasteiger partial charge in [0.1, 0.15) is 0 Å². The monoisotopic (exact) mass is 494 g/mol. The number of likely N-dealkylation sites (tertiary alicyclic amines) is 1. The Morgan fingerprint density at radius 2 is 1.68 bits per heavy atom. The first-order valence-corrected chi connectivity index (χ1v) is 12.4. The SMILES string of the molecule is O=C(Nc1ccc2c(c1)OCO2)C1CCN(C(=O)c2cccc(-n3nccc3-c3ccccc3)c2)CC1. The zero-order valence-corrected chi connectivity index (χ0v) is 20.2. The Hall–Kier alpha value is -4.59. The zero-order valence-electron chi connectivity index (χ0n) is 20.2. The van der Waals surface area contributed by atoms with Crippen LogP contribution in [0.4, 0.5) is 5.69 Å². The van der Waals surface area contributed by atoms with Crippen LogP contribution in [0.15, 0.2) is 85.1 Å². The van der Waals surface area contributed by atoms with E-state index < -0.39 is 0 Å². The highest BCUT2D eigenvalue weighted by Gasteiger charge is 2.28. The summed E-state index contributed by atoms with van der Waals surface area (Å²) >= 11 is 0. The van der Waals surface area contributed by atoms with E-state index in [0.29, 0.717) is 48.7 Å². The lowest BCUT2D eigenvalue weighted by Crippen LogP contribution is -2.41. The van der Waals surface area contributed by atoms with Gasteiger partial charge in [-0.05, 0) is 49.2 Å². The number of nitrogens with zero attached hydrogens (tertiary/aromatic N) is 3. The first-order valence-electron chi connectivity index (χ1n) is 12.4. The number of aromatic nitrogens is 2. The number of benzene rings is 3. The maximum absolute atomic E-state index is 13.3. The van der Waals surface area contributed by atoms with Crippen LogP contribution in [0.1, 0.15) is 23.2 Å². The fraction of sp³-hybridized carbons (Fsp3) is 0.207. The molecule has 2 amide bonds. The van der Waals surface area contributed by atoms with Gasteiger partial charge in [-0.25, -0.2) is 4.68 Å². The summed E-state index contributed by atoms with van der Waals surface area (Å²) in [6.45, 7) is 1.25. The van der Waals surface area contributed by atoms with Crippen LogP contribution in [0.3, 0.4) is 0 Å². The molecular weight excluding hydrogens is 468 g/mol. The van der Waals surface area contributed by atoms with E-state index >= 15 is 0 Å². The molecule has 1 saturated heterocycles. The summed E-state index contributed by atoms with van der Waals surface area (Å²) < 4.78 is 12.6. The van der Waals surface area contributed by atoms with Crippen molar-refractivity contribution in [2.75, 3.05) is 25.2 Å². The molecule has 2 aliphatic heterocycles. The number of hydrogen-bond acceptors (Lipinski definition) is 5. The molecule has 0 aliphatic carbocycles. The van der Waals surface area contributed by atoms with Gasteiger partial charge in [0.25, 0.3) is 5.91 Å². The summed E-state index contributed by atoms with van der Waals surface area (Å²) in [6.07, 6.45) is 2.98. The molecule has 3 heterocycles. The van der Waals surface area contributed by atoms with E-state index in [2.05, 4.69) is 10.4 Å². The average Bonchev–Trinajstić information content (AvgIpc) is 3.63. The maximum atomic E-state index is 13.3. The number of carbonyl (C=O) groups is 2. The van der Waals surface area contributed by atoms with Gasteiger partial charge in [-0.3, -0.25) is 9.59 Å². The van der Waals surface area contributed by atoms with Crippen molar-refractivity contribution in [3.8, 4) is 28.4 Å². The second kappa shape index (κ2) is 9.81. The Kier molecular flexibility index (Phi) is 6.06. The number of carbonyl (C=O) groups excluding carboxylic acids is 2. The summed E-state index contributed by atoms with van der Waals surface area (Å²) in [6, 6.07) is 24.9. The Bertz CT molecular complexity index is 1440. The first-order chi connectivity index (χ1) is 18.2. The van der Waals surface area contributed by atoms with Gasteiger partial charge in [0.15, 0.2) is 11.5 Å². The van der Waals surface area contributed by atoms with E-state index in [1.807, 2.05) is 70.2 Å². The molecule has 8 nitrogen and oxygen atoms in total. The molecule has 37 heavy (non-hydrogen) atoms. The molecule has 1 aromatic heterocycles. The molecule has 0 spiro atoms. The summed E-state index contributed by atoms with van der Waals surface area (Å²) in [5.74, 6) is 1.08. The summed E-state index contributed by atoms with van der Waals surface area (Å²) in [4.78, 5) is 28.0. The number of rotatable bonds is 5. The zero-order chi connectivity index (χ0) is 25.2. The molecule has 1 N–H and O–H groups in total. The number of ether oxygens (including phenoxy) is 2. The third-order valence-electron chi connectivity index (χ3n) is 6.84. The molecule has 0 radical (unpaired) electrons. The minimum atomic E-state index is -0.154. The standard InChI is InChI=1S/C29H26N4O4/c34-28(31-23-9-10-26-27(18-23)37-19-36-26)21-12-15-32(16-13-21)29(35)22-7-4-8-24(17-22)33-25(11-14-30-33)20-5-2-1-3-6-20/h1-11,14,17-18,21H,12-13,15-16,19H2,(H,31,34). The predicted molar refractivity (Wildman–Crippen MR) is 139 cm³/mol. The second-order valence-corrected chi connectivity index (χ2v) is 9.17. The molecule has 8 heteroatoms. The van der Waals surface area contributed by atoms with E-state index in [1.54, 1.807) is 24.4 Å². The normalized spacial score (nSPS) is 15.0. The van der Waals surface area contributed by atoms with Crippen molar-refractivity contribution >= 4 is 17.5 Å². The summed E-state index contributed by atoms with van der Waals surface area (Å²) in [5.41, 5.74) is 4.12. The van der Waals surface area contributed by atoms with Gasteiger partial charge >= 0.3 is 0 Å². The van der Waals surface area contributed by atoms with E-state index in [4.69, 9.17) is 9.47 Å². The third kappa shape index (κ3) is 4.65. The van der Waals surface area contributed by atoms with Gasteiger partial charge in [-0.2, -0.15) is 5.10 Å². The van der Waals surface area contributed by atoms with Gasteiger partial charge in [0, 0.05) is 41.9 Å². The molecule has 2 aliphatic rings. The molecule has 0 atom stereocenters. The number of piperidine rings is 1. The smallest absolute Gasteiger partial charge is 0.253 e. The molecule has 1 fully saturated rings. The molecule has 186 valence electrons. The van der Waals surface area contributed by atoms with Crippen LogP contribution in [-0.4, -0.2) is 46.4 Å². The first kappa shape index (κ1) is 22.8. The Morgan fingerprint density at radius 1 is 0.865 bits per heavy atom. The van der Waals surface area contributed by atoms with Crippen LogP contribution in [0.2, 0.25) is 0 Å². The van der Waals surface area contributed by atoms with Gasteiger partial charge in [-0.15, -0.1) is 0 Å². The van der Waals surface area contributed by atoms with Crippen molar-refractivity contribution in [3.63, 3.8) is 0 Å². The van der Waals surface area contributed by atoms with Crippen molar-refractivity contribution in [3.05, 3.63) is 90.6 Å². The molecule has 4 aromatic rings. The van der Waals surface area contributed by atoms with Crippen LogP contribution < -0.4 is 14.8 Å². The van der Waals surface area contributed by atoms with E-state index in [9.17, 15) is 9.59 Å². The largest absolute Gasteiger partial charge is 0.454 e. The van der Waals surface area contributed by atoms with Crippen LogP contribution in [-0.2, 0) is 4.79 Å². The molecule has 3 aromatic carbocycles. The predicted octanol–water partition coefficient (Wildman–Crippen LogP) is 4.76. The van der Waals surface area contributed by atoms with E-state index in [-0.39, 0.29) is 24.5 Å². The topological polar surface area (TPSA) is 85.7 Å². The molecular formula is C29H26N4O4. The fourth-order valence-corrected chi connectivity index (χ4v) is 4.85. The number of nitrogens with one attached hydrogen (secondary N) is 1. The quantitative estimate of drug-likeness (QED) is 0.432. The average molecular weight is 495 g/mol. The van der Waals surface area contributed by atoms with Gasteiger partial charge in [-0.1, -0.05) is 36.4 Å². The van der Waals surface area contributed by atoms with Crippen LogP contribution in [0, 0.1) is 5.92 Å². The molecule has 0 saturated carbocycles. The third-order valence-corrected chi connectivity index (χ3v) is 6.84. The summed E-state index contributed by atoms with van der Waals surface area (Å²) in [7, 11) is 0. The van der Waals surface area contributed by atoms with Crippen molar-refractivity contribution in [1.82, 2.24) is 14.7 Å². The summed E-state index contributed by atoms with van der Waals surface area (Å²) in [5, 5.41) is 7.46. The van der Waals surface area contributed by atoms with E-state index in [0.717, 1.165) is 16.9 Å². The maximum Gasteiger partial charge on any atom is 0.253 e. The number of anilines is 1. The minimum Gasteiger partial charge on any atom is -0.454 e. The number of amides is 2. The minimum absolute atomic E-state index is 0.0371. The van der Waals surface area contributed by atoms with Gasteiger partial charge < -0.3 is 19.7 Å². The highest BCUT2D eigenvalue weighted by atomic mass is 16.7. The van der Waals surface area contributed by atoms with Crippen LogP contribution in [0.5, 0.6) is 11.5 Å². The number of fused-ring (bicyclic) bond motifs is 1. The lowest BCUT2D eigenvalue weighted by atomic mass is 9.95. The number of hydrogen-bond donors (Lipinski definition) is 1. The van der Waals surface area contributed by atoms with Gasteiger partial charge in [0.05, 0.1) is 17.6 Å². The van der Waals surface area contributed by atoms with Crippen molar-refractivity contribution in [2.24, 2.45) is 5.92 Å². The Morgan fingerprint density at radius 3 is 2.51 bits per heavy atom. The Labute approximate surface area is 214 Å². The fourth-order valence-electron chi connectivity index (χ4n) is 4.85. The van der Waals surface area contributed by atoms with Crippen LogP contribution >= 0.6 is 0 Å². The lowest BCUT2D eigenvalue weighted by molar-refractivity contribution is -0.121. The molecule has 0 bridgehead atoms. The van der Waals surface area contributed by atoms with E-state index in [1.165, 1.54) is 0 Å². The highest BCUT2D eigenvalue weighted by Crippen LogP contribution is 2.34. The lowest BCUT2D eigenvalue weighted by Gasteiger charge is -2.31. The van der Waals surface area contributed by atoms with Crippen LogP contribution in [0.25, 0.3) is 16.9 Å². The van der Waals surface area contributed by atoms with Crippen molar-refractivity contribution in [1.29, 1.82) is 0 Å². The Balaban J connectivity index is 1.10. The molecule has 6 rings (SSSR count).